The number of phenols is 1. The van der Waals surface area contributed by atoms with Crippen molar-refractivity contribution in [1.29, 1.82) is 0 Å². The van der Waals surface area contributed by atoms with E-state index in [0.29, 0.717) is 11.1 Å². The highest BCUT2D eigenvalue weighted by molar-refractivity contribution is 7.93. The standard InChI is InChI=1S/C34H42N4O12S/c1-21(2)30(33(46)35-24(19-29(42)43)17-18-51(3,48)49)38-32(45)26(15-16-28(40)41)36-31(44)27(14-11-22-9-12-25(39)13-10-22)37-34(47)50-20-23-7-5-4-6-8-23/h4-14,17-18,21,24,26-27,30,39H,15-16,19-20H2,1-3H3,(H,35,46)(H,36,44)(H,37,47)(H,38,45)(H,40,41)(H,42,43). The average Bonchev–Trinajstić information content (AvgIpc) is 3.05. The Morgan fingerprint density at radius 2 is 1.45 bits per heavy atom. The fourth-order valence-electron chi connectivity index (χ4n) is 4.34. The van der Waals surface area contributed by atoms with Gasteiger partial charge in [-0.3, -0.25) is 24.0 Å². The highest BCUT2D eigenvalue weighted by Gasteiger charge is 2.32. The summed E-state index contributed by atoms with van der Waals surface area (Å²) in [5.74, 6) is -6.03. The van der Waals surface area contributed by atoms with E-state index in [2.05, 4.69) is 21.3 Å². The molecule has 0 saturated carbocycles. The van der Waals surface area contributed by atoms with Crippen molar-refractivity contribution in [1.82, 2.24) is 21.3 Å². The first kappa shape index (κ1) is 41.5. The summed E-state index contributed by atoms with van der Waals surface area (Å²) in [6.07, 6.45) is 1.95. The maximum atomic E-state index is 13.6. The molecular formula is C34H42N4O12S. The van der Waals surface area contributed by atoms with E-state index in [1.165, 1.54) is 36.4 Å². The molecule has 276 valence electrons. The second kappa shape index (κ2) is 20.1. The van der Waals surface area contributed by atoms with Gasteiger partial charge in [0, 0.05) is 18.1 Å². The molecule has 7 N–H and O–H groups in total. The number of phenolic OH excluding ortho intramolecular Hbond substituents is 1. The summed E-state index contributed by atoms with van der Waals surface area (Å²) in [6, 6.07) is 8.99. The third-order valence-corrected chi connectivity index (χ3v) is 7.60. The fraction of sp³-hybridized carbons (Fsp3) is 0.353. The number of rotatable bonds is 19. The molecular weight excluding hydrogens is 688 g/mol. The van der Waals surface area contributed by atoms with Crippen molar-refractivity contribution in [2.45, 2.75) is 63.9 Å². The van der Waals surface area contributed by atoms with Gasteiger partial charge in [-0.15, -0.1) is 0 Å². The van der Waals surface area contributed by atoms with Crippen molar-refractivity contribution >= 4 is 51.7 Å². The molecule has 0 aliphatic rings. The topological polar surface area (TPSA) is 255 Å². The van der Waals surface area contributed by atoms with Gasteiger partial charge in [0.15, 0.2) is 9.84 Å². The molecule has 4 unspecified atom stereocenters. The number of benzene rings is 2. The van der Waals surface area contributed by atoms with E-state index in [9.17, 15) is 52.5 Å². The molecule has 0 saturated heterocycles. The zero-order valence-corrected chi connectivity index (χ0v) is 29.0. The average molecular weight is 731 g/mol. The Morgan fingerprint density at radius 3 is 2.02 bits per heavy atom. The van der Waals surface area contributed by atoms with E-state index < -0.39 is 94.9 Å². The summed E-state index contributed by atoms with van der Waals surface area (Å²) >= 11 is 0. The lowest BCUT2D eigenvalue weighted by atomic mass is 10.0. The van der Waals surface area contributed by atoms with Crippen LogP contribution in [0.25, 0.3) is 6.08 Å². The van der Waals surface area contributed by atoms with E-state index in [4.69, 9.17) is 4.74 Å². The normalized spacial score (nSPS) is 13.9. The highest BCUT2D eigenvalue weighted by atomic mass is 32.2. The first-order chi connectivity index (χ1) is 23.9. The predicted octanol–water partition coefficient (Wildman–Crippen LogP) is 1.71. The first-order valence-corrected chi connectivity index (χ1v) is 17.6. The van der Waals surface area contributed by atoms with Crippen molar-refractivity contribution in [3.8, 4) is 5.75 Å². The minimum atomic E-state index is -3.67. The predicted molar refractivity (Wildman–Crippen MR) is 184 cm³/mol. The lowest BCUT2D eigenvalue weighted by molar-refractivity contribution is -0.139. The molecule has 4 amide bonds. The lowest BCUT2D eigenvalue weighted by Gasteiger charge is -2.27. The molecule has 0 aromatic heterocycles. The van der Waals surface area contributed by atoms with E-state index in [1.807, 2.05) is 0 Å². The van der Waals surface area contributed by atoms with Gasteiger partial charge in [0.1, 0.15) is 30.5 Å². The van der Waals surface area contributed by atoms with Crippen LogP contribution in [0, 0.1) is 5.92 Å². The van der Waals surface area contributed by atoms with Crippen LogP contribution in [0.5, 0.6) is 5.75 Å². The quantitative estimate of drug-likeness (QED) is 0.109. The van der Waals surface area contributed by atoms with E-state index in [1.54, 1.807) is 44.2 Å². The van der Waals surface area contributed by atoms with Crippen molar-refractivity contribution in [3.63, 3.8) is 0 Å². The number of carboxylic acids is 2. The Bertz CT molecular complexity index is 1690. The van der Waals surface area contributed by atoms with Crippen LogP contribution in [-0.4, -0.2) is 89.9 Å². The summed E-state index contributed by atoms with van der Waals surface area (Å²) in [5.41, 5.74) is 1.20. The summed E-state index contributed by atoms with van der Waals surface area (Å²) in [4.78, 5) is 75.8. The van der Waals surface area contributed by atoms with Gasteiger partial charge in [-0.25, -0.2) is 13.2 Å². The Morgan fingerprint density at radius 1 is 0.804 bits per heavy atom. The van der Waals surface area contributed by atoms with Crippen molar-refractivity contribution in [2.24, 2.45) is 5.92 Å². The second-order valence-electron chi connectivity index (χ2n) is 11.7. The number of carbonyl (C=O) groups is 6. The maximum absolute atomic E-state index is 13.6. The van der Waals surface area contributed by atoms with E-state index in [-0.39, 0.29) is 12.4 Å². The molecule has 0 heterocycles. The number of carboxylic acid groups (broad SMARTS) is 2. The molecule has 51 heavy (non-hydrogen) atoms. The third-order valence-electron chi connectivity index (χ3n) is 6.95. The van der Waals surface area contributed by atoms with E-state index >= 15 is 0 Å². The number of aliphatic carboxylic acids is 2. The zero-order valence-electron chi connectivity index (χ0n) is 28.1. The number of hydrogen-bond acceptors (Lipinski definition) is 10. The van der Waals surface area contributed by atoms with E-state index in [0.717, 1.165) is 17.7 Å². The van der Waals surface area contributed by atoms with Crippen LogP contribution in [0.4, 0.5) is 4.79 Å². The SMILES string of the molecule is CC(C)C(NC(=O)C(CCC(=O)O)NC(=O)C(C=Cc1ccc(O)cc1)NC(=O)OCc1ccccc1)C(=O)NC(C=CS(C)(=O)=O)CC(=O)O. The minimum Gasteiger partial charge on any atom is -0.508 e. The molecule has 0 radical (unpaired) electrons. The van der Waals surface area contributed by atoms with Gasteiger partial charge in [-0.05, 0) is 35.6 Å². The van der Waals surface area contributed by atoms with Crippen LogP contribution < -0.4 is 21.3 Å². The smallest absolute Gasteiger partial charge is 0.408 e. The van der Waals surface area contributed by atoms with Gasteiger partial charge in [0.05, 0.1) is 12.5 Å². The van der Waals surface area contributed by atoms with Gasteiger partial charge in [0.25, 0.3) is 0 Å². The number of alkyl carbamates (subject to hydrolysis) is 1. The monoisotopic (exact) mass is 730 g/mol. The van der Waals surface area contributed by atoms with Crippen LogP contribution >= 0.6 is 0 Å². The van der Waals surface area contributed by atoms with Crippen molar-refractivity contribution in [3.05, 3.63) is 83.3 Å². The Kier molecular flexibility index (Phi) is 16.3. The molecule has 4 atom stereocenters. The van der Waals surface area contributed by atoms with Crippen LogP contribution in [0.2, 0.25) is 0 Å². The molecule has 17 heteroatoms. The zero-order chi connectivity index (χ0) is 38.1. The number of amides is 4. The molecule has 2 aromatic rings. The molecule has 0 fully saturated rings. The van der Waals surface area contributed by atoms with Crippen LogP contribution in [-0.2, 0) is 45.2 Å². The molecule has 0 spiro atoms. The summed E-state index contributed by atoms with van der Waals surface area (Å²) < 4.78 is 28.4. The molecule has 0 bridgehead atoms. The number of carbonyl (C=O) groups excluding carboxylic acids is 4. The van der Waals surface area contributed by atoms with Gasteiger partial charge in [-0.2, -0.15) is 0 Å². The molecule has 0 aliphatic heterocycles. The largest absolute Gasteiger partial charge is 0.508 e. The Balaban J connectivity index is 2.31. The van der Waals surface area contributed by atoms with Gasteiger partial charge < -0.3 is 41.3 Å². The Labute approximate surface area is 294 Å². The van der Waals surface area contributed by atoms with Crippen LogP contribution in [0.3, 0.4) is 0 Å². The summed E-state index contributed by atoms with van der Waals surface area (Å²) in [7, 11) is -3.67. The lowest BCUT2D eigenvalue weighted by Crippen LogP contribution is -2.58. The number of ether oxygens (including phenoxy) is 1. The number of hydrogen-bond donors (Lipinski definition) is 7. The summed E-state index contributed by atoms with van der Waals surface area (Å²) in [5, 5.41) is 38.5. The Hall–Kier alpha value is -5.71. The number of sulfone groups is 1. The number of aromatic hydroxyl groups is 1. The molecule has 2 aromatic carbocycles. The molecule has 2 rings (SSSR count). The van der Waals surface area contributed by atoms with Gasteiger partial charge >= 0.3 is 18.0 Å². The van der Waals surface area contributed by atoms with Crippen molar-refractivity contribution in [2.75, 3.05) is 6.26 Å². The van der Waals surface area contributed by atoms with Crippen molar-refractivity contribution < 1.29 is 57.2 Å². The second-order valence-corrected chi connectivity index (χ2v) is 13.7. The van der Waals surface area contributed by atoms with Gasteiger partial charge in [0.2, 0.25) is 17.7 Å². The number of nitrogens with one attached hydrogen (secondary N) is 4. The maximum Gasteiger partial charge on any atom is 0.408 e. The van der Waals surface area contributed by atoms with Crippen LogP contribution in [0.15, 0.2) is 72.2 Å². The first-order valence-electron chi connectivity index (χ1n) is 15.6. The fourth-order valence-corrected chi connectivity index (χ4v) is 4.81. The third kappa shape index (κ3) is 16.5. The van der Waals surface area contributed by atoms with Gasteiger partial charge in [-0.1, -0.05) is 74.5 Å². The molecule has 0 aliphatic carbocycles. The molecule has 16 nitrogen and oxygen atoms in total. The van der Waals surface area contributed by atoms with Crippen LogP contribution in [0.1, 0.15) is 44.2 Å². The highest BCUT2D eigenvalue weighted by Crippen LogP contribution is 2.12. The summed E-state index contributed by atoms with van der Waals surface area (Å²) in [6.45, 7) is 2.99. The minimum absolute atomic E-state index is 0.00694.